The molecule has 1 heterocycles. The molecular weight excluding hydrogens is 282 g/mol. The fourth-order valence-electron chi connectivity index (χ4n) is 2.70. The number of primary amides is 1. The Kier molecular flexibility index (Phi) is 6.39. The van der Waals surface area contributed by atoms with Crippen molar-refractivity contribution >= 4 is 23.4 Å². The van der Waals surface area contributed by atoms with Gasteiger partial charge < -0.3 is 16.0 Å². The molecule has 1 amide bonds. The van der Waals surface area contributed by atoms with Crippen molar-refractivity contribution < 1.29 is 4.79 Å². The Morgan fingerprint density at radius 1 is 1.38 bits per heavy atom. The number of carbonyl (C=O) groups excluding carboxylic acids is 1. The molecule has 0 aliphatic carbocycles. The highest BCUT2D eigenvalue weighted by Gasteiger charge is 2.19. The summed E-state index contributed by atoms with van der Waals surface area (Å²) in [5.74, 6) is 0.0517. The fourth-order valence-corrected chi connectivity index (χ4v) is 3.45. The van der Waals surface area contributed by atoms with E-state index < -0.39 is 0 Å². The molecule has 2 rings (SSSR count). The van der Waals surface area contributed by atoms with Gasteiger partial charge >= 0.3 is 0 Å². The zero-order valence-electron chi connectivity index (χ0n) is 12.7. The number of anilines is 1. The maximum absolute atomic E-state index is 10.9. The number of carbonyl (C=O) groups is 1. The molecule has 0 spiro atoms. The minimum absolute atomic E-state index is 0.275. The van der Waals surface area contributed by atoms with Crippen molar-refractivity contribution in [2.75, 3.05) is 30.7 Å². The highest BCUT2D eigenvalue weighted by atomic mass is 32.2. The van der Waals surface area contributed by atoms with Crippen LogP contribution in [0, 0.1) is 0 Å². The lowest BCUT2D eigenvalue weighted by Gasteiger charge is -2.33. The molecule has 0 radical (unpaired) electrons. The third kappa shape index (κ3) is 5.25. The summed E-state index contributed by atoms with van der Waals surface area (Å²) < 4.78 is 0. The number of thioether (sulfide) groups is 1. The summed E-state index contributed by atoms with van der Waals surface area (Å²) in [5.41, 5.74) is 6.36. The van der Waals surface area contributed by atoms with E-state index in [4.69, 9.17) is 5.73 Å². The maximum Gasteiger partial charge on any atom is 0.227 e. The van der Waals surface area contributed by atoms with E-state index in [2.05, 4.69) is 23.2 Å². The molecule has 3 N–H and O–H groups in total. The Balaban J connectivity index is 1.89. The number of benzene rings is 1. The summed E-state index contributed by atoms with van der Waals surface area (Å²) >= 11 is 1.50. The largest absolute Gasteiger partial charge is 0.381 e. The van der Waals surface area contributed by atoms with Gasteiger partial charge in [0.25, 0.3) is 0 Å². The number of nitrogens with one attached hydrogen (secondary N) is 1. The monoisotopic (exact) mass is 307 g/mol. The number of para-hydroxylation sites is 1. The van der Waals surface area contributed by atoms with E-state index in [0.717, 1.165) is 10.6 Å². The number of amides is 1. The third-order valence-corrected chi connectivity index (χ3v) is 4.84. The van der Waals surface area contributed by atoms with Crippen LogP contribution in [0.1, 0.15) is 26.2 Å². The van der Waals surface area contributed by atoms with Gasteiger partial charge in [-0.15, -0.1) is 11.8 Å². The first-order valence-corrected chi connectivity index (χ1v) is 8.66. The first-order valence-electron chi connectivity index (χ1n) is 7.68. The van der Waals surface area contributed by atoms with Gasteiger partial charge in [-0.1, -0.05) is 19.1 Å². The lowest BCUT2D eigenvalue weighted by atomic mass is 10.0. The number of piperidine rings is 1. The van der Waals surface area contributed by atoms with Crippen molar-refractivity contribution in [1.29, 1.82) is 0 Å². The standard InChI is InChI=1S/C16H25N3OS/c1-2-9-19-10-7-13(8-11-19)18-14-5-3-4-6-15(14)21-12-16(17)20/h3-6,13,18H,2,7-12H2,1H3,(H2,17,20). The molecule has 4 nitrogen and oxygen atoms in total. The molecule has 1 aliphatic heterocycles. The molecule has 0 atom stereocenters. The number of nitrogens with zero attached hydrogens (tertiary/aromatic N) is 1. The van der Waals surface area contributed by atoms with Crippen LogP contribution in [0.2, 0.25) is 0 Å². The Labute approximate surface area is 131 Å². The van der Waals surface area contributed by atoms with Gasteiger partial charge in [-0.2, -0.15) is 0 Å². The number of hydrogen-bond acceptors (Lipinski definition) is 4. The van der Waals surface area contributed by atoms with Gasteiger partial charge in [0.1, 0.15) is 0 Å². The van der Waals surface area contributed by atoms with Crippen LogP contribution in [-0.2, 0) is 4.79 Å². The molecule has 116 valence electrons. The summed E-state index contributed by atoms with van der Waals surface area (Å²) in [5, 5.41) is 3.64. The van der Waals surface area contributed by atoms with Crippen molar-refractivity contribution in [3.8, 4) is 0 Å². The first kappa shape index (κ1) is 16.2. The molecule has 1 aromatic carbocycles. The van der Waals surface area contributed by atoms with Gasteiger partial charge in [-0.3, -0.25) is 4.79 Å². The Bertz CT molecular complexity index is 459. The van der Waals surface area contributed by atoms with Gasteiger partial charge in [0, 0.05) is 29.7 Å². The van der Waals surface area contributed by atoms with Gasteiger partial charge in [-0.05, 0) is 37.9 Å². The van der Waals surface area contributed by atoms with Crippen molar-refractivity contribution in [2.45, 2.75) is 37.1 Å². The summed E-state index contributed by atoms with van der Waals surface area (Å²) in [7, 11) is 0. The van der Waals surface area contributed by atoms with Crippen molar-refractivity contribution in [3.63, 3.8) is 0 Å². The molecule has 0 bridgehead atoms. The number of nitrogens with two attached hydrogens (primary N) is 1. The Hall–Kier alpha value is -1.20. The second-order valence-electron chi connectivity index (χ2n) is 5.51. The highest BCUT2D eigenvalue weighted by Crippen LogP contribution is 2.28. The van der Waals surface area contributed by atoms with Crippen molar-refractivity contribution in [3.05, 3.63) is 24.3 Å². The molecular formula is C16H25N3OS. The van der Waals surface area contributed by atoms with Gasteiger partial charge in [0.2, 0.25) is 5.91 Å². The van der Waals surface area contributed by atoms with Gasteiger partial charge in [-0.25, -0.2) is 0 Å². The van der Waals surface area contributed by atoms with Crippen LogP contribution in [0.5, 0.6) is 0 Å². The van der Waals surface area contributed by atoms with Crippen LogP contribution in [0.25, 0.3) is 0 Å². The van der Waals surface area contributed by atoms with E-state index in [1.807, 2.05) is 18.2 Å². The first-order chi connectivity index (χ1) is 10.2. The topological polar surface area (TPSA) is 58.4 Å². The highest BCUT2D eigenvalue weighted by molar-refractivity contribution is 8.00. The fraction of sp³-hybridized carbons (Fsp3) is 0.562. The lowest BCUT2D eigenvalue weighted by Crippen LogP contribution is -2.39. The molecule has 21 heavy (non-hydrogen) atoms. The summed E-state index contributed by atoms with van der Waals surface area (Å²) in [6.45, 7) is 5.78. The zero-order valence-corrected chi connectivity index (χ0v) is 13.5. The summed E-state index contributed by atoms with van der Waals surface area (Å²) in [4.78, 5) is 14.6. The Morgan fingerprint density at radius 2 is 2.10 bits per heavy atom. The van der Waals surface area contributed by atoms with E-state index >= 15 is 0 Å². The smallest absolute Gasteiger partial charge is 0.227 e. The van der Waals surface area contributed by atoms with Crippen LogP contribution >= 0.6 is 11.8 Å². The van der Waals surface area contributed by atoms with Crippen LogP contribution in [0.3, 0.4) is 0 Å². The molecule has 1 aromatic rings. The zero-order chi connectivity index (χ0) is 15.1. The predicted octanol–water partition coefficient (Wildman–Crippen LogP) is 2.55. The number of likely N-dealkylation sites (tertiary alicyclic amines) is 1. The number of hydrogen-bond donors (Lipinski definition) is 2. The van der Waals surface area contributed by atoms with E-state index in [-0.39, 0.29) is 5.91 Å². The van der Waals surface area contributed by atoms with E-state index in [1.165, 1.54) is 50.7 Å². The van der Waals surface area contributed by atoms with Gasteiger partial charge in [0.15, 0.2) is 0 Å². The third-order valence-electron chi connectivity index (χ3n) is 3.74. The summed E-state index contributed by atoms with van der Waals surface area (Å²) in [6.07, 6.45) is 3.58. The molecule has 5 heteroatoms. The number of rotatable bonds is 7. The quantitative estimate of drug-likeness (QED) is 0.760. The second kappa shape index (κ2) is 8.29. The van der Waals surface area contributed by atoms with Crippen LogP contribution < -0.4 is 11.1 Å². The lowest BCUT2D eigenvalue weighted by molar-refractivity contribution is -0.115. The molecule has 0 aromatic heterocycles. The Morgan fingerprint density at radius 3 is 2.76 bits per heavy atom. The van der Waals surface area contributed by atoms with E-state index in [0.29, 0.717) is 11.8 Å². The average Bonchev–Trinajstić information content (AvgIpc) is 2.48. The molecule has 1 saturated heterocycles. The maximum atomic E-state index is 10.9. The van der Waals surface area contributed by atoms with Crippen molar-refractivity contribution in [2.24, 2.45) is 5.73 Å². The normalized spacial score (nSPS) is 16.8. The average molecular weight is 307 g/mol. The van der Waals surface area contributed by atoms with Crippen molar-refractivity contribution in [1.82, 2.24) is 4.90 Å². The van der Waals surface area contributed by atoms with Gasteiger partial charge in [0.05, 0.1) is 5.75 Å². The minimum atomic E-state index is -0.275. The van der Waals surface area contributed by atoms with Crippen LogP contribution in [0.4, 0.5) is 5.69 Å². The molecule has 0 unspecified atom stereocenters. The predicted molar refractivity (Wildman–Crippen MR) is 89.7 cm³/mol. The summed E-state index contributed by atoms with van der Waals surface area (Å²) in [6, 6.07) is 8.68. The van der Waals surface area contributed by atoms with E-state index in [1.54, 1.807) is 0 Å². The van der Waals surface area contributed by atoms with Crippen LogP contribution in [-0.4, -0.2) is 42.2 Å². The SMILES string of the molecule is CCCN1CCC(Nc2ccccc2SCC(N)=O)CC1. The minimum Gasteiger partial charge on any atom is -0.381 e. The molecule has 1 fully saturated rings. The van der Waals surface area contributed by atoms with Crippen LogP contribution in [0.15, 0.2) is 29.2 Å². The molecule has 0 saturated carbocycles. The second-order valence-corrected chi connectivity index (χ2v) is 6.53. The molecule has 1 aliphatic rings. The van der Waals surface area contributed by atoms with E-state index in [9.17, 15) is 4.79 Å².